The van der Waals surface area contributed by atoms with Gasteiger partial charge in [0, 0.05) is 10.8 Å². The van der Waals surface area contributed by atoms with Gasteiger partial charge in [0.05, 0.1) is 0 Å². The summed E-state index contributed by atoms with van der Waals surface area (Å²) in [4.78, 5) is 14.7. The maximum absolute atomic E-state index is 13.3. The predicted octanol–water partition coefficient (Wildman–Crippen LogP) is 6.74. The van der Waals surface area contributed by atoms with Crippen LogP contribution in [0.15, 0.2) is 82.0 Å². The first-order valence-corrected chi connectivity index (χ1v) is 9.96. The van der Waals surface area contributed by atoms with Crippen LogP contribution in [0.5, 0.6) is 0 Å². The summed E-state index contributed by atoms with van der Waals surface area (Å²) in [7, 11) is 0. The zero-order valence-electron chi connectivity index (χ0n) is 17.4. The average molecular weight is 415 g/mol. The van der Waals surface area contributed by atoms with Gasteiger partial charge in [-0.05, 0) is 45.0 Å². The van der Waals surface area contributed by atoms with Crippen molar-refractivity contribution in [3.8, 4) is 0 Å². The van der Waals surface area contributed by atoms with Crippen molar-refractivity contribution in [2.24, 2.45) is 0 Å². The molecule has 0 radical (unpaired) electrons. The molecule has 0 saturated carbocycles. The first kappa shape index (κ1) is 19.1. The van der Waals surface area contributed by atoms with Crippen LogP contribution in [-0.2, 0) is 9.47 Å². The number of carbonyl (C=O) groups excluding carboxylic acids is 1. The number of ether oxygens (including phenoxy) is 2. The van der Waals surface area contributed by atoms with Gasteiger partial charge in [-0.1, -0.05) is 36.4 Å². The third kappa shape index (κ3) is 3.57. The Balaban J connectivity index is 1.61. The molecule has 0 atom stereocenters. The Bertz CT molecular complexity index is 1190. The molecule has 0 fully saturated rings. The van der Waals surface area contributed by atoms with Crippen LogP contribution >= 0.6 is 0 Å². The molecule has 2 aromatic carbocycles. The van der Waals surface area contributed by atoms with Crippen LogP contribution in [0.25, 0.3) is 33.3 Å². The van der Waals surface area contributed by atoms with E-state index < -0.39 is 11.7 Å². The zero-order valence-corrected chi connectivity index (χ0v) is 17.4. The van der Waals surface area contributed by atoms with Crippen LogP contribution in [0.1, 0.15) is 32.3 Å². The number of amides is 1. The molecule has 2 aromatic heterocycles. The first-order chi connectivity index (χ1) is 14.9. The summed E-state index contributed by atoms with van der Waals surface area (Å²) in [6.45, 7) is 5.46. The summed E-state index contributed by atoms with van der Waals surface area (Å²) in [6.07, 6.45) is 2.37. The summed E-state index contributed by atoms with van der Waals surface area (Å²) in [5.41, 5.74) is 1.57. The van der Waals surface area contributed by atoms with Gasteiger partial charge in [0.2, 0.25) is 0 Å². The Morgan fingerprint density at radius 2 is 1.29 bits per heavy atom. The Hall–Kier alpha value is -3.93. The van der Waals surface area contributed by atoms with Gasteiger partial charge in [0.1, 0.15) is 40.7 Å². The van der Waals surface area contributed by atoms with E-state index >= 15 is 0 Å². The second-order valence-electron chi connectivity index (χ2n) is 8.25. The normalized spacial score (nSPS) is 14.4. The highest BCUT2D eigenvalue weighted by molar-refractivity contribution is 5.95. The van der Waals surface area contributed by atoms with Gasteiger partial charge in [0.25, 0.3) is 0 Å². The minimum Gasteiger partial charge on any atom is -0.468 e. The molecule has 1 amide bonds. The van der Waals surface area contributed by atoms with E-state index in [-0.39, 0.29) is 0 Å². The fourth-order valence-corrected chi connectivity index (χ4v) is 3.46. The van der Waals surface area contributed by atoms with Crippen molar-refractivity contribution in [3.05, 3.63) is 84.7 Å². The number of para-hydroxylation sites is 2. The van der Waals surface area contributed by atoms with Crippen molar-refractivity contribution in [1.82, 2.24) is 4.90 Å². The number of hydrogen-bond acceptors (Lipinski definition) is 5. The molecule has 5 rings (SSSR count). The van der Waals surface area contributed by atoms with Gasteiger partial charge in [-0.15, -0.1) is 0 Å². The van der Waals surface area contributed by atoms with Crippen molar-refractivity contribution in [3.63, 3.8) is 0 Å². The van der Waals surface area contributed by atoms with Gasteiger partial charge < -0.3 is 18.3 Å². The summed E-state index contributed by atoms with van der Waals surface area (Å²) in [5, 5.41) is 1.84. The Labute approximate surface area is 178 Å². The van der Waals surface area contributed by atoms with E-state index in [0.29, 0.717) is 34.1 Å². The maximum Gasteiger partial charge on any atom is 0.419 e. The van der Waals surface area contributed by atoms with E-state index in [1.165, 1.54) is 17.4 Å². The van der Waals surface area contributed by atoms with Crippen LogP contribution in [0.3, 0.4) is 0 Å². The molecule has 4 aromatic rings. The Kier molecular flexibility index (Phi) is 4.36. The molecule has 0 bridgehead atoms. The minimum atomic E-state index is -0.687. The molecule has 31 heavy (non-hydrogen) atoms. The number of rotatable bonds is 2. The fraction of sp³-hybridized carbons (Fsp3) is 0.160. The van der Waals surface area contributed by atoms with Crippen LogP contribution in [0.2, 0.25) is 0 Å². The van der Waals surface area contributed by atoms with Crippen molar-refractivity contribution >= 4 is 39.4 Å². The molecule has 3 heterocycles. The lowest BCUT2D eigenvalue weighted by atomic mass is 10.2. The van der Waals surface area contributed by atoms with Crippen molar-refractivity contribution in [1.29, 1.82) is 0 Å². The molecule has 6 heteroatoms. The van der Waals surface area contributed by atoms with Crippen molar-refractivity contribution in [2.75, 3.05) is 0 Å². The molecule has 0 aliphatic carbocycles. The standard InChI is InChI=1S/C25H21NO5/c1-25(2,3)31-24(27)26-18(22-12-16-8-4-6-10-20(16)29-22)14-28-15-19(26)23-13-17-9-5-7-11-21(17)30-23/h4-15H,1-3H3. The number of nitrogens with zero attached hydrogens (tertiary/aromatic N) is 1. The third-order valence-corrected chi connectivity index (χ3v) is 4.77. The molecular formula is C25H21NO5. The minimum absolute atomic E-state index is 0.420. The van der Waals surface area contributed by atoms with Gasteiger partial charge in [-0.2, -0.15) is 0 Å². The molecule has 0 unspecified atom stereocenters. The van der Waals surface area contributed by atoms with Gasteiger partial charge >= 0.3 is 6.09 Å². The Morgan fingerprint density at radius 1 is 0.806 bits per heavy atom. The second-order valence-corrected chi connectivity index (χ2v) is 8.25. The van der Waals surface area contributed by atoms with Crippen molar-refractivity contribution < 1.29 is 23.1 Å². The molecule has 1 aliphatic heterocycles. The van der Waals surface area contributed by atoms with E-state index in [1.54, 1.807) is 0 Å². The first-order valence-electron chi connectivity index (χ1n) is 9.96. The smallest absolute Gasteiger partial charge is 0.419 e. The van der Waals surface area contributed by atoms with Crippen LogP contribution in [0, 0.1) is 0 Å². The molecule has 156 valence electrons. The largest absolute Gasteiger partial charge is 0.468 e. The van der Waals surface area contributed by atoms with E-state index in [2.05, 4.69) is 0 Å². The summed E-state index contributed by atoms with van der Waals surface area (Å²) in [6, 6.07) is 19.0. The number of furan rings is 2. The van der Waals surface area contributed by atoms with Crippen LogP contribution < -0.4 is 0 Å². The average Bonchev–Trinajstić information content (AvgIpc) is 3.36. The van der Waals surface area contributed by atoms with E-state index in [4.69, 9.17) is 18.3 Å². The van der Waals surface area contributed by atoms with Gasteiger partial charge in [-0.25, -0.2) is 9.69 Å². The van der Waals surface area contributed by atoms with E-state index in [0.717, 1.165) is 10.8 Å². The number of fused-ring (bicyclic) bond motifs is 2. The molecule has 0 spiro atoms. The number of benzene rings is 2. The molecular weight excluding hydrogens is 394 g/mol. The van der Waals surface area contributed by atoms with E-state index in [1.807, 2.05) is 81.4 Å². The third-order valence-electron chi connectivity index (χ3n) is 4.77. The molecule has 1 aliphatic rings. The van der Waals surface area contributed by atoms with Crippen LogP contribution in [-0.4, -0.2) is 16.6 Å². The zero-order chi connectivity index (χ0) is 21.6. The lowest BCUT2D eigenvalue weighted by Gasteiger charge is -2.30. The highest BCUT2D eigenvalue weighted by Crippen LogP contribution is 2.38. The number of carbonyl (C=O) groups is 1. The highest BCUT2D eigenvalue weighted by Gasteiger charge is 2.34. The lowest BCUT2D eigenvalue weighted by Crippen LogP contribution is -2.35. The lowest BCUT2D eigenvalue weighted by molar-refractivity contribution is 0.0414. The molecule has 0 N–H and O–H groups in total. The van der Waals surface area contributed by atoms with Gasteiger partial charge in [0.15, 0.2) is 11.5 Å². The number of hydrogen-bond donors (Lipinski definition) is 0. The second kappa shape index (κ2) is 7.09. The summed E-state index contributed by atoms with van der Waals surface area (Å²) < 4.78 is 23.3. The molecule has 6 nitrogen and oxygen atoms in total. The Morgan fingerprint density at radius 3 is 1.74 bits per heavy atom. The maximum atomic E-state index is 13.3. The fourth-order valence-electron chi connectivity index (χ4n) is 3.46. The topological polar surface area (TPSA) is 65.0 Å². The highest BCUT2D eigenvalue weighted by atomic mass is 16.6. The quantitative estimate of drug-likeness (QED) is 0.363. The van der Waals surface area contributed by atoms with Crippen molar-refractivity contribution in [2.45, 2.75) is 26.4 Å². The molecule has 0 saturated heterocycles. The predicted molar refractivity (Wildman–Crippen MR) is 118 cm³/mol. The monoisotopic (exact) mass is 415 g/mol. The SMILES string of the molecule is CC(C)(C)OC(=O)N1C(c2cc3ccccc3o2)=COC=C1c1cc2ccccc2o1. The van der Waals surface area contributed by atoms with Crippen LogP contribution in [0.4, 0.5) is 4.79 Å². The van der Waals surface area contributed by atoms with E-state index in [9.17, 15) is 4.79 Å². The summed E-state index contributed by atoms with van der Waals surface area (Å²) in [5.74, 6) is 0.961. The summed E-state index contributed by atoms with van der Waals surface area (Å²) >= 11 is 0. The van der Waals surface area contributed by atoms with Gasteiger partial charge in [-0.3, -0.25) is 0 Å².